The second-order valence-corrected chi connectivity index (χ2v) is 14.5. The van der Waals surface area contributed by atoms with Crippen LogP contribution in [0.3, 0.4) is 0 Å². The maximum absolute atomic E-state index is 6.76. The molecule has 31 heavy (non-hydrogen) atoms. The van der Waals surface area contributed by atoms with Gasteiger partial charge in [0.2, 0.25) is 0 Å². The van der Waals surface area contributed by atoms with E-state index < -0.39 is 21.2 Å². The standard InChI is InChI=1S/C15H25BCl2N3O7P3/c1-22-8-11-25-29(17)19-30(18,28-15-6-4-14(16)5-7-15)21-31(20-29,26-12-9-23-2)27-13-10-24-3/h4-7H,8-13H2,1-3H3. The van der Waals surface area contributed by atoms with Gasteiger partial charge in [0.1, 0.15) is 13.6 Å². The van der Waals surface area contributed by atoms with Crippen LogP contribution in [-0.4, -0.2) is 68.8 Å². The van der Waals surface area contributed by atoms with Gasteiger partial charge in [-0.1, -0.05) is 17.6 Å². The molecule has 1 aliphatic heterocycles. The number of hydrogen-bond acceptors (Lipinski definition) is 10. The third kappa shape index (κ3) is 9.11. The molecule has 2 unspecified atom stereocenters. The van der Waals surface area contributed by atoms with Gasteiger partial charge in [-0.3, -0.25) is 0 Å². The van der Waals surface area contributed by atoms with E-state index in [0.29, 0.717) is 11.2 Å². The van der Waals surface area contributed by atoms with Gasteiger partial charge in [0.25, 0.3) is 0 Å². The lowest BCUT2D eigenvalue weighted by molar-refractivity contribution is 0.118. The van der Waals surface area contributed by atoms with Gasteiger partial charge in [0.15, 0.2) is 0 Å². The summed E-state index contributed by atoms with van der Waals surface area (Å²) in [5.74, 6) is 0.402. The van der Waals surface area contributed by atoms with E-state index in [2.05, 4.69) is 13.5 Å². The molecule has 1 heterocycles. The normalized spacial score (nSPS) is 24.7. The SMILES string of the molecule is [B]c1ccc(OP2(Cl)=NP(Cl)(OCCOC)=NP(OCCOC)(OCCOC)=N2)cc1. The average molecular weight is 534 g/mol. The summed E-state index contributed by atoms with van der Waals surface area (Å²) < 4.78 is 52.0. The van der Waals surface area contributed by atoms with E-state index in [9.17, 15) is 0 Å². The molecule has 0 saturated heterocycles. The van der Waals surface area contributed by atoms with Crippen LogP contribution in [0.5, 0.6) is 5.75 Å². The Balaban J connectivity index is 2.50. The molecule has 2 radical (unpaired) electrons. The molecular weight excluding hydrogens is 509 g/mol. The molecule has 0 amide bonds. The quantitative estimate of drug-likeness (QED) is 0.184. The molecule has 1 aromatic carbocycles. The zero-order chi connectivity index (χ0) is 22.8. The van der Waals surface area contributed by atoms with Gasteiger partial charge in [0.05, 0.1) is 39.6 Å². The van der Waals surface area contributed by atoms with Crippen LogP contribution in [0.15, 0.2) is 37.8 Å². The van der Waals surface area contributed by atoms with Crippen molar-refractivity contribution in [2.75, 3.05) is 61.0 Å². The Morgan fingerprint density at radius 3 is 1.74 bits per heavy atom. The van der Waals surface area contributed by atoms with Crippen LogP contribution in [-0.2, 0) is 27.8 Å². The lowest BCUT2D eigenvalue weighted by Crippen LogP contribution is -2.07. The maximum atomic E-state index is 6.76. The number of nitrogens with zero attached hydrogens (tertiary/aromatic N) is 3. The molecule has 174 valence electrons. The van der Waals surface area contributed by atoms with Crippen molar-refractivity contribution in [1.29, 1.82) is 0 Å². The van der Waals surface area contributed by atoms with Gasteiger partial charge in [-0.25, -0.2) is 0 Å². The fraction of sp³-hybridized carbons (Fsp3) is 0.600. The van der Waals surface area contributed by atoms with Crippen LogP contribution in [0.2, 0.25) is 0 Å². The fourth-order valence-corrected chi connectivity index (χ4v) is 13.7. The minimum atomic E-state index is -3.43. The first-order valence-corrected chi connectivity index (χ1v) is 15.6. The van der Waals surface area contributed by atoms with E-state index in [1.807, 2.05) is 0 Å². The predicted octanol–water partition coefficient (Wildman–Crippen LogP) is 5.18. The summed E-state index contributed by atoms with van der Waals surface area (Å²) in [6, 6.07) is 6.62. The highest BCUT2D eigenvalue weighted by Crippen LogP contribution is 2.82. The van der Waals surface area contributed by atoms with E-state index in [1.54, 1.807) is 38.5 Å². The first-order valence-electron chi connectivity index (χ1n) is 9.04. The van der Waals surface area contributed by atoms with E-state index >= 15 is 0 Å². The molecule has 2 rings (SSSR count). The van der Waals surface area contributed by atoms with Crippen molar-refractivity contribution in [3.8, 4) is 5.75 Å². The van der Waals surface area contributed by atoms with Crippen molar-refractivity contribution >= 4 is 57.0 Å². The Morgan fingerprint density at radius 2 is 1.23 bits per heavy atom. The Labute approximate surface area is 193 Å². The van der Waals surface area contributed by atoms with Crippen molar-refractivity contribution in [3.05, 3.63) is 24.3 Å². The van der Waals surface area contributed by atoms with Crippen molar-refractivity contribution in [2.45, 2.75) is 0 Å². The molecule has 0 aliphatic carbocycles. The summed E-state index contributed by atoms with van der Waals surface area (Å²) in [6.45, 7) is -5.53. The Bertz CT molecular complexity index is 862. The Hall–Kier alpha value is 0.115. The van der Waals surface area contributed by atoms with Crippen molar-refractivity contribution in [1.82, 2.24) is 0 Å². The maximum Gasteiger partial charge on any atom is 0.353 e. The molecule has 0 saturated carbocycles. The first-order chi connectivity index (χ1) is 14.8. The van der Waals surface area contributed by atoms with E-state index in [1.165, 1.54) is 7.11 Å². The first kappa shape index (κ1) is 27.4. The number of methoxy groups -OCH3 is 3. The lowest BCUT2D eigenvalue weighted by atomic mass is 9.97. The highest BCUT2D eigenvalue weighted by atomic mass is 35.7. The van der Waals surface area contributed by atoms with E-state index in [-0.39, 0.29) is 39.6 Å². The Kier molecular flexibility index (Phi) is 11.6. The third-order valence-corrected chi connectivity index (χ3v) is 13.7. The molecule has 0 aromatic heterocycles. The smallest absolute Gasteiger partial charge is 0.353 e. The number of ether oxygens (including phenoxy) is 3. The van der Waals surface area contributed by atoms with Gasteiger partial charge in [-0.15, -0.1) is 4.52 Å². The molecule has 10 nitrogen and oxygen atoms in total. The topological polar surface area (TPSA) is 102 Å². The molecule has 0 N–H and O–H groups in total. The molecule has 1 aliphatic rings. The summed E-state index contributed by atoms with van der Waals surface area (Å²) in [5, 5.41) is 0. The van der Waals surface area contributed by atoms with Gasteiger partial charge in [-0.2, -0.15) is 9.03 Å². The van der Waals surface area contributed by atoms with Crippen LogP contribution < -0.4 is 9.99 Å². The molecule has 0 bridgehead atoms. The van der Waals surface area contributed by atoms with Crippen LogP contribution in [0.25, 0.3) is 0 Å². The van der Waals surface area contributed by atoms with Crippen molar-refractivity contribution < 1.29 is 32.3 Å². The summed E-state index contributed by atoms with van der Waals surface area (Å²) >= 11 is 13.4. The van der Waals surface area contributed by atoms with Gasteiger partial charge in [0, 0.05) is 21.3 Å². The molecule has 2 atom stereocenters. The summed E-state index contributed by atoms with van der Waals surface area (Å²) in [5.41, 5.74) is 0.566. The molecule has 0 spiro atoms. The molecule has 16 heteroatoms. The number of halogens is 2. The van der Waals surface area contributed by atoms with Crippen LogP contribution in [0.1, 0.15) is 0 Å². The zero-order valence-electron chi connectivity index (χ0n) is 17.4. The van der Waals surface area contributed by atoms with Crippen LogP contribution >= 0.6 is 43.7 Å². The van der Waals surface area contributed by atoms with E-state index in [4.69, 9.17) is 62.6 Å². The summed E-state index contributed by atoms with van der Waals surface area (Å²) in [4.78, 5) is 0. The molecule has 1 aromatic rings. The number of rotatable bonds is 14. The summed E-state index contributed by atoms with van der Waals surface area (Å²) in [6.07, 6.45) is 0. The zero-order valence-corrected chi connectivity index (χ0v) is 21.6. The highest BCUT2D eigenvalue weighted by Gasteiger charge is 2.40. The number of hydrogen-bond donors (Lipinski definition) is 0. The third-order valence-electron chi connectivity index (χ3n) is 3.41. The van der Waals surface area contributed by atoms with Gasteiger partial charge in [-0.05, 0) is 34.6 Å². The fourth-order valence-electron chi connectivity index (χ4n) is 2.08. The minimum Gasteiger partial charge on any atom is -0.431 e. The van der Waals surface area contributed by atoms with Crippen molar-refractivity contribution in [2.24, 2.45) is 13.5 Å². The van der Waals surface area contributed by atoms with E-state index in [0.717, 1.165) is 0 Å². The van der Waals surface area contributed by atoms with Crippen LogP contribution in [0, 0.1) is 0 Å². The Morgan fingerprint density at radius 1 is 0.710 bits per heavy atom. The largest absolute Gasteiger partial charge is 0.431 e. The van der Waals surface area contributed by atoms with Crippen molar-refractivity contribution in [3.63, 3.8) is 0 Å². The average Bonchev–Trinajstić information content (AvgIpc) is 2.69. The number of benzene rings is 1. The second kappa shape index (κ2) is 13.1. The summed E-state index contributed by atoms with van der Waals surface area (Å²) in [7, 11) is 6.99. The second-order valence-electron chi connectivity index (χ2n) is 5.84. The highest BCUT2D eigenvalue weighted by molar-refractivity contribution is 8.00. The van der Waals surface area contributed by atoms with Gasteiger partial charge >= 0.3 is 21.2 Å². The predicted molar refractivity (Wildman–Crippen MR) is 126 cm³/mol. The minimum absolute atomic E-state index is 0.135. The molecular formula is C15H25BCl2N3O7P3. The van der Waals surface area contributed by atoms with Gasteiger partial charge < -0.3 is 32.3 Å². The van der Waals surface area contributed by atoms with Crippen LogP contribution in [0.4, 0.5) is 0 Å². The monoisotopic (exact) mass is 533 g/mol. The lowest BCUT2D eigenvalue weighted by Gasteiger charge is -2.29. The molecule has 0 fully saturated rings.